The Kier molecular flexibility index (Phi) is 5.74. The summed E-state index contributed by atoms with van der Waals surface area (Å²) in [6, 6.07) is 10.1. The molecule has 4 heterocycles. The number of methoxy groups -OCH3 is 1. The second-order valence-corrected chi connectivity index (χ2v) is 9.58. The number of nitrogens with one attached hydrogen (secondary N) is 1. The third-order valence-corrected chi connectivity index (χ3v) is 7.82. The van der Waals surface area contributed by atoms with Gasteiger partial charge in [-0.05, 0) is 68.5 Å². The molecule has 3 saturated heterocycles. The van der Waals surface area contributed by atoms with Crippen LogP contribution in [-0.4, -0.2) is 53.4 Å². The Hall–Kier alpha value is -2.34. The molecular formula is C25H34N4O2. The second kappa shape index (κ2) is 8.65. The highest BCUT2D eigenvalue weighted by Crippen LogP contribution is 2.43. The molecule has 4 fully saturated rings. The molecule has 31 heavy (non-hydrogen) atoms. The molecule has 6 rings (SSSR count). The van der Waals surface area contributed by atoms with Gasteiger partial charge in [0.15, 0.2) is 0 Å². The van der Waals surface area contributed by atoms with Crippen LogP contribution in [0.5, 0.6) is 5.75 Å². The first-order chi connectivity index (χ1) is 15.1. The molecule has 1 N–H and O–H groups in total. The summed E-state index contributed by atoms with van der Waals surface area (Å²) in [6.07, 6.45) is 7.69. The SMILES string of the molecule is COc1ccc(C(=O)NCC2CC3CCN2CC3c2cc(C3CCCC3)nn2C)cc1. The number of piperidine rings is 3. The van der Waals surface area contributed by atoms with Crippen molar-refractivity contribution in [1.82, 2.24) is 20.0 Å². The van der Waals surface area contributed by atoms with E-state index in [1.807, 2.05) is 24.3 Å². The van der Waals surface area contributed by atoms with Crippen LogP contribution in [0.25, 0.3) is 0 Å². The summed E-state index contributed by atoms with van der Waals surface area (Å²) in [6.45, 7) is 2.93. The predicted octanol–water partition coefficient (Wildman–Crippen LogP) is 3.69. The van der Waals surface area contributed by atoms with E-state index in [1.54, 1.807) is 7.11 Å². The number of rotatable bonds is 6. The number of hydrogen-bond acceptors (Lipinski definition) is 4. The van der Waals surface area contributed by atoms with Crippen molar-refractivity contribution in [3.8, 4) is 5.75 Å². The van der Waals surface area contributed by atoms with Crippen LogP contribution in [0.2, 0.25) is 0 Å². The predicted molar refractivity (Wildman–Crippen MR) is 121 cm³/mol. The van der Waals surface area contributed by atoms with Crippen LogP contribution < -0.4 is 10.1 Å². The summed E-state index contributed by atoms with van der Waals surface area (Å²) >= 11 is 0. The van der Waals surface area contributed by atoms with Gasteiger partial charge in [0.2, 0.25) is 0 Å². The van der Waals surface area contributed by atoms with Gasteiger partial charge in [-0.25, -0.2) is 0 Å². The van der Waals surface area contributed by atoms with Crippen molar-refractivity contribution in [2.24, 2.45) is 13.0 Å². The minimum atomic E-state index is -0.00492. The summed E-state index contributed by atoms with van der Waals surface area (Å²) in [4.78, 5) is 15.2. The fourth-order valence-corrected chi connectivity index (χ4v) is 6.01. The Labute approximate surface area is 185 Å². The topological polar surface area (TPSA) is 59.4 Å². The summed E-state index contributed by atoms with van der Waals surface area (Å²) in [5, 5.41) is 8.07. The summed E-state index contributed by atoms with van der Waals surface area (Å²) < 4.78 is 7.33. The molecular weight excluding hydrogens is 388 g/mol. The summed E-state index contributed by atoms with van der Waals surface area (Å²) in [5.41, 5.74) is 3.41. The van der Waals surface area contributed by atoms with Gasteiger partial charge in [0.25, 0.3) is 5.91 Å². The van der Waals surface area contributed by atoms with Gasteiger partial charge in [0, 0.05) is 49.3 Å². The lowest BCUT2D eigenvalue weighted by Gasteiger charge is -2.50. The molecule has 1 aliphatic carbocycles. The van der Waals surface area contributed by atoms with E-state index in [0.29, 0.717) is 35.9 Å². The van der Waals surface area contributed by atoms with Gasteiger partial charge in [-0.2, -0.15) is 5.10 Å². The summed E-state index contributed by atoms with van der Waals surface area (Å²) in [7, 11) is 3.76. The van der Waals surface area contributed by atoms with Crippen molar-refractivity contribution in [3.05, 3.63) is 47.3 Å². The lowest BCUT2D eigenvalue weighted by Crippen LogP contribution is -2.56. The zero-order valence-electron chi connectivity index (χ0n) is 18.7. The van der Waals surface area contributed by atoms with Crippen molar-refractivity contribution in [3.63, 3.8) is 0 Å². The van der Waals surface area contributed by atoms with Crippen molar-refractivity contribution < 1.29 is 9.53 Å². The number of nitrogens with zero attached hydrogens (tertiary/aromatic N) is 3. The molecule has 0 radical (unpaired) electrons. The highest BCUT2D eigenvalue weighted by Gasteiger charge is 2.42. The van der Waals surface area contributed by atoms with E-state index >= 15 is 0 Å². The number of hydrogen-bond donors (Lipinski definition) is 1. The van der Waals surface area contributed by atoms with E-state index in [2.05, 4.69) is 28.0 Å². The Morgan fingerprint density at radius 3 is 2.65 bits per heavy atom. The number of benzene rings is 1. The fourth-order valence-electron chi connectivity index (χ4n) is 6.01. The molecule has 4 aliphatic rings. The molecule has 1 saturated carbocycles. The molecule has 1 amide bonds. The van der Waals surface area contributed by atoms with Crippen molar-refractivity contribution >= 4 is 5.91 Å². The van der Waals surface area contributed by atoms with Crippen molar-refractivity contribution in [1.29, 1.82) is 0 Å². The number of carbonyl (C=O) groups excluding carboxylic acids is 1. The second-order valence-electron chi connectivity index (χ2n) is 9.58. The molecule has 1 aromatic carbocycles. The molecule has 3 aliphatic heterocycles. The van der Waals surface area contributed by atoms with E-state index in [9.17, 15) is 4.79 Å². The highest BCUT2D eigenvalue weighted by molar-refractivity contribution is 5.94. The molecule has 6 heteroatoms. The summed E-state index contributed by atoms with van der Waals surface area (Å²) in [5.74, 6) is 2.68. The van der Waals surface area contributed by atoms with Gasteiger partial charge >= 0.3 is 0 Å². The number of aryl methyl sites for hydroxylation is 1. The Morgan fingerprint density at radius 1 is 1.19 bits per heavy atom. The molecule has 4 atom stereocenters. The number of aromatic nitrogens is 2. The molecule has 2 bridgehead atoms. The number of ether oxygens (including phenoxy) is 1. The smallest absolute Gasteiger partial charge is 0.251 e. The van der Waals surface area contributed by atoms with E-state index in [1.165, 1.54) is 43.5 Å². The first-order valence-electron chi connectivity index (χ1n) is 11.8. The standard InChI is InChI=1S/C25H34N4O2/c1-28-24(14-23(27-28)17-5-3-4-6-17)22-16-29-12-11-19(22)13-20(29)15-26-25(30)18-7-9-21(31-2)10-8-18/h7-10,14,17,19-20,22H,3-6,11-13,15-16H2,1-2H3,(H,26,30). The van der Waals surface area contributed by atoms with Gasteiger partial charge in [0.1, 0.15) is 5.75 Å². The fraction of sp³-hybridized carbons (Fsp3) is 0.600. The van der Waals surface area contributed by atoms with E-state index in [-0.39, 0.29) is 5.91 Å². The minimum absolute atomic E-state index is 0.00492. The van der Waals surface area contributed by atoms with Gasteiger partial charge in [0.05, 0.1) is 12.8 Å². The van der Waals surface area contributed by atoms with Crippen LogP contribution in [0, 0.1) is 5.92 Å². The van der Waals surface area contributed by atoms with E-state index < -0.39 is 0 Å². The zero-order valence-corrected chi connectivity index (χ0v) is 18.7. The quantitative estimate of drug-likeness (QED) is 0.771. The van der Waals surface area contributed by atoms with Crippen LogP contribution in [0.4, 0.5) is 0 Å². The third kappa shape index (κ3) is 4.10. The lowest BCUT2D eigenvalue weighted by atomic mass is 9.74. The molecule has 166 valence electrons. The van der Waals surface area contributed by atoms with Crippen LogP contribution >= 0.6 is 0 Å². The average Bonchev–Trinajstić information content (AvgIpc) is 3.48. The largest absolute Gasteiger partial charge is 0.497 e. The van der Waals surface area contributed by atoms with Gasteiger partial charge in [-0.15, -0.1) is 0 Å². The van der Waals surface area contributed by atoms with Gasteiger partial charge in [-0.1, -0.05) is 12.8 Å². The van der Waals surface area contributed by atoms with Crippen LogP contribution in [-0.2, 0) is 7.05 Å². The number of carbonyl (C=O) groups is 1. The van der Waals surface area contributed by atoms with Crippen LogP contribution in [0.3, 0.4) is 0 Å². The van der Waals surface area contributed by atoms with E-state index in [4.69, 9.17) is 9.84 Å². The Morgan fingerprint density at radius 2 is 1.97 bits per heavy atom. The first-order valence-corrected chi connectivity index (χ1v) is 11.8. The molecule has 2 aromatic rings. The minimum Gasteiger partial charge on any atom is -0.497 e. The third-order valence-electron chi connectivity index (χ3n) is 7.82. The van der Waals surface area contributed by atoms with Crippen LogP contribution in [0.1, 0.15) is 72.1 Å². The average molecular weight is 423 g/mol. The zero-order chi connectivity index (χ0) is 21.4. The molecule has 6 nitrogen and oxygen atoms in total. The maximum atomic E-state index is 12.6. The number of fused-ring (bicyclic) bond motifs is 3. The van der Waals surface area contributed by atoms with E-state index in [0.717, 1.165) is 25.3 Å². The monoisotopic (exact) mass is 422 g/mol. The first kappa shape index (κ1) is 20.6. The maximum Gasteiger partial charge on any atom is 0.251 e. The normalized spacial score (nSPS) is 28.1. The van der Waals surface area contributed by atoms with Gasteiger partial charge in [-0.3, -0.25) is 14.4 Å². The Balaban J connectivity index is 1.20. The molecule has 4 unspecified atom stereocenters. The number of amides is 1. The lowest BCUT2D eigenvalue weighted by molar-refractivity contribution is 0.0280. The maximum absolute atomic E-state index is 12.6. The Bertz CT molecular complexity index is 916. The highest BCUT2D eigenvalue weighted by atomic mass is 16.5. The van der Waals surface area contributed by atoms with Gasteiger partial charge < -0.3 is 10.1 Å². The molecule has 0 spiro atoms. The van der Waals surface area contributed by atoms with Crippen molar-refractivity contribution in [2.75, 3.05) is 26.7 Å². The van der Waals surface area contributed by atoms with Crippen LogP contribution in [0.15, 0.2) is 30.3 Å². The van der Waals surface area contributed by atoms with Crippen molar-refractivity contribution in [2.45, 2.75) is 56.4 Å². The molecule has 1 aromatic heterocycles.